The monoisotopic (exact) mass is 296 g/mol. The Morgan fingerprint density at radius 1 is 1.20 bits per heavy atom. The quantitative estimate of drug-likeness (QED) is 0.755. The van der Waals surface area contributed by atoms with Gasteiger partial charge in [0.2, 0.25) is 10.0 Å². The molecule has 0 heterocycles. The molecule has 4 nitrogen and oxygen atoms in total. The second-order valence-corrected chi connectivity index (χ2v) is 7.43. The molecule has 0 spiro atoms. The Kier molecular flexibility index (Phi) is 5.57. The van der Waals surface area contributed by atoms with Gasteiger partial charge in [-0.25, -0.2) is 13.1 Å². The molecule has 1 fully saturated rings. The summed E-state index contributed by atoms with van der Waals surface area (Å²) in [5.41, 5.74) is 1.39. The van der Waals surface area contributed by atoms with Gasteiger partial charge in [0.05, 0.1) is 5.75 Å². The van der Waals surface area contributed by atoms with Crippen molar-refractivity contribution in [2.24, 2.45) is 0 Å². The first-order chi connectivity index (χ1) is 9.62. The number of benzene rings is 1. The van der Waals surface area contributed by atoms with Crippen LogP contribution in [0.25, 0.3) is 0 Å². The zero-order valence-electron chi connectivity index (χ0n) is 12.0. The van der Waals surface area contributed by atoms with Crippen LogP contribution >= 0.6 is 0 Å². The van der Waals surface area contributed by atoms with E-state index < -0.39 is 10.0 Å². The average molecular weight is 296 g/mol. The molecular formula is C15H24N2O2S. The van der Waals surface area contributed by atoms with Crippen molar-refractivity contribution in [2.45, 2.75) is 37.6 Å². The molecule has 2 atom stereocenters. The van der Waals surface area contributed by atoms with Crippen molar-refractivity contribution in [1.29, 1.82) is 0 Å². The van der Waals surface area contributed by atoms with Crippen molar-refractivity contribution in [3.05, 3.63) is 35.9 Å². The average Bonchev–Trinajstić information content (AvgIpc) is 2.93. The van der Waals surface area contributed by atoms with Crippen LogP contribution in [0.2, 0.25) is 0 Å². The van der Waals surface area contributed by atoms with Crippen LogP contribution in [0.5, 0.6) is 0 Å². The van der Waals surface area contributed by atoms with Gasteiger partial charge in [-0.2, -0.15) is 0 Å². The number of nitrogens with one attached hydrogen (secondary N) is 2. The lowest BCUT2D eigenvalue weighted by Gasteiger charge is -2.21. The summed E-state index contributed by atoms with van der Waals surface area (Å²) >= 11 is 0. The molecule has 1 aromatic rings. The second kappa shape index (κ2) is 7.20. The summed E-state index contributed by atoms with van der Waals surface area (Å²) in [6.45, 7) is 0.759. The lowest BCUT2D eigenvalue weighted by molar-refractivity contribution is 0.477. The molecular weight excluding hydrogens is 272 g/mol. The van der Waals surface area contributed by atoms with E-state index in [1.54, 1.807) is 0 Å². The van der Waals surface area contributed by atoms with E-state index in [-0.39, 0.29) is 5.75 Å². The Bertz CT molecular complexity index is 502. The standard InChI is InChI=1S/C15H24N2O2S/c1-16-20(18,19)12-6-11-17-15-10-5-9-14(15)13-7-3-2-4-8-13/h2-4,7-8,14-17H,5-6,9-12H2,1H3/t14-,15+/m0/s1. The minimum absolute atomic E-state index is 0.194. The Hall–Kier alpha value is -0.910. The summed E-state index contributed by atoms with van der Waals surface area (Å²) in [6, 6.07) is 11.1. The van der Waals surface area contributed by atoms with E-state index in [0.717, 1.165) is 6.54 Å². The van der Waals surface area contributed by atoms with E-state index >= 15 is 0 Å². The van der Waals surface area contributed by atoms with Crippen molar-refractivity contribution >= 4 is 10.0 Å². The van der Waals surface area contributed by atoms with Crippen LogP contribution in [0.15, 0.2) is 30.3 Å². The summed E-state index contributed by atoms with van der Waals surface area (Å²) in [4.78, 5) is 0. The SMILES string of the molecule is CNS(=O)(=O)CCCN[C@@H]1CCC[C@H]1c1ccccc1. The molecule has 0 aromatic heterocycles. The zero-order valence-corrected chi connectivity index (χ0v) is 12.8. The van der Waals surface area contributed by atoms with Gasteiger partial charge in [-0.3, -0.25) is 0 Å². The predicted octanol–water partition coefficient (Wildman–Crippen LogP) is 1.85. The Labute approximate surface area is 122 Å². The van der Waals surface area contributed by atoms with E-state index in [4.69, 9.17) is 0 Å². The van der Waals surface area contributed by atoms with E-state index in [1.807, 2.05) is 6.07 Å². The number of rotatable bonds is 7. The third kappa shape index (κ3) is 4.30. The molecule has 2 N–H and O–H groups in total. The van der Waals surface area contributed by atoms with E-state index in [9.17, 15) is 8.42 Å². The van der Waals surface area contributed by atoms with Crippen molar-refractivity contribution in [2.75, 3.05) is 19.3 Å². The molecule has 2 rings (SSSR count). The van der Waals surface area contributed by atoms with Crippen LogP contribution in [-0.4, -0.2) is 33.8 Å². The van der Waals surface area contributed by atoms with Gasteiger partial charge >= 0.3 is 0 Å². The topological polar surface area (TPSA) is 58.2 Å². The largest absolute Gasteiger partial charge is 0.313 e. The van der Waals surface area contributed by atoms with Crippen LogP contribution < -0.4 is 10.0 Å². The maximum Gasteiger partial charge on any atom is 0.211 e. The van der Waals surface area contributed by atoms with Crippen LogP contribution in [0.3, 0.4) is 0 Å². The molecule has 1 aromatic carbocycles. The fourth-order valence-corrected chi connectivity index (χ4v) is 3.68. The highest BCUT2D eigenvalue weighted by Crippen LogP contribution is 2.34. The van der Waals surface area contributed by atoms with Crippen molar-refractivity contribution in [1.82, 2.24) is 10.0 Å². The van der Waals surface area contributed by atoms with Gasteiger partial charge in [0.15, 0.2) is 0 Å². The van der Waals surface area contributed by atoms with Gasteiger partial charge in [-0.1, -0.05) is 36.8 Å². The van der Waals surface area contributed by atoms with Crippen LogP contribution in [-0.2, 0) is 10.0 Å². The second-order valence-electron chi connectivity index (χ2n) is 5.39. The summed E-state index contributed by atoms with van der Waals surface area (Å²) < 4.78 is 25.0. The van der Waals surface area contributed by atoms with E-state index in [1.165, 1.54) is 31.9 Å². The van der Waals surface area contributed by atoms with Crippen LogP contribution in [0.1, 0.15) is 37.2 Å². The highest BCUT2D eigenvalue weighted by atomic mass is 32.2. The zero-order chi connectivity index (χ0) is 14.4. The van der Waals surface area contributed by atoms with Gasteiger partial charge in [0.25, 0.3) is 0 Å². The third-order valence-corrected chi connectivity index (χ3v) is 5.50. The maximum atomic E-state index is 11.3. The molecule has 0 aliphatic heterocycles. The molecule has 1 aliphatic carbocycles. The molecule has 0 saturated heterocycles. The van der Waals surface area contributed by atoms with Crippen LogP contribution in [0.4, 0.5) is 0 Å². The summed E-state index contributed by atoms with van der Waals surface area (Å²) in [5, 5.41) is 3.53. The molecule has 0 bridgehead atoms. The maximum absolute atomic E-state index is 11.3. The van der Waals surface area contributed by atoms with E-state index in [2.05, 4.69) is 34.3 Å². The molecule has 0 unspecified atom stereocenters. The Morgan fingerprint density at radius 2 is 1.95 bits per heavy atom. The first-order valence-corrected chi connectivity index (χ1v) is 8.97. The highest BCUT2D eigenvalue weighted by molar-refractivity contribution is 7.89. The molecule has 112 valence electrons. The minimum Gasteiger partial charge on any atom is -0.313 e. The van der Waals surface area contributed by atoms with Gasteiger partial charge in [-0.05, 0) is 44.3 Å². The number of hydrogen-bond acceptors (Lipinski definition) is 3. The first-order valence-electron chi connectivity index (χ1n) is 7.32. The minimum atomic E-state index is -3.07. The molecule has 0 radical (unpaired) electrons. The normalized spacial score (nSPS) is 23.1. The molecule has 0 amide bonds. The first kappa shape index (κ1) is 15.5. The van der Waals surface area contributed by atoms with Gasteiger partial charge in [-0.15, -0.1) is 0 Å². The summed E-state index contributed by atoms with van der Waals surface area (Å²) in [5.74, 6) is 0.760. The van der Waals surface area contributed by atoms with Crippen molar-refractivity contribution in [3.8, 4) is 0 Å². The summed E-state index contributed by atoms with van der Waals surface area (Å²) in [6.07, 6.45) is 4.29. The van der Waals surface area contributed by atoms with Gasteiger partial charge in [0.1, 0.15) is 0 Å². The molecule has 1 aliphatic rings. The fourth-order valence-electron chi connectivity index (χ4n) is 2.96. The predicted molar refractivity (Wildman–Crippen MR) is 82.3 cm³/mol. The molecule has 5 heteroatoms. The van der Waals surface area contributed by atoms with Gasteiger partial charge in [0, 0.05) is 6.04 Å². The van der Waals surface area contributed by atoms with Crippen molar-refractivity contribution < 1.29 is 8.42 Å². The smallest absolute Gasteiger partial charge is 0.211 e. The lowest BCUT2D eigenvalue weighted by Crippen LogP contribution is -2.33. The third-order valence-electron chi connectivity index (χ3n) is 4.05. The lowest BCUT2D eigenvalue weighted by atomic mass is 9.94. The number of hydrogen-bond donors (Lipinski definition) is 2. The van der Waals surface area contributed by atoms with Crippen molar-refractivity contribution in [3.63, 3.8) is 0 Å². The Morgan fingerprint density at radius 3 is 2.65 bits per heavy atom. The molecule has 20 heavy (non-hydrogen) atoms. The molecule has 1 saturated carbocycles. The van der Waals surface area contributed by atoms with E-state index in [0.29, 0.717) is 18.4 Å². The Balaban J connectivity index is 1.81. The van der Waals surface area contributed by atoms with Crippen LogP contribution in [0, 0.1) is 0 Å². The van der Waals surface area contributed by atoms with Gasteiger partial charge < -0.3 is 5.32 Å². The fraction of sp³-hybridized carbons (Fsp3) is 0.600. The highest BCUT2D eigenvalue weighted by Gasteiger charge is 2.27. The summed E-state index contributed by atoms with van der Waals surface area (Å²) in [7, 11) is -1.61. The number of sulfonamides is 1.